The summed E-state index contributed by atoms with van der Waals surface area (Å²) >= 11 is 11.2. The lowest BCUT2D eigenvalue weighted by atomic mass is 10.2. The highest BCUT2D eigenvalue weighted by molar-refractivity contribution is 6.28. The van der Waals surface area contributed by atoms with Gasteiger partial charge < -0.3 is 4.74 Å². The summed E-state index contributed by atoms with van der Waals surface area (Å²) in [6.07, 6.45) is 0. The predicted molar refractivity (Wildman–Crippen MR) is 64.5 cm³/mol. The van der Waals surface area contributed by atoms with Crippen molar-refractivity contribution in [2.45, 2.75) is 5.38 Å². The van der Waals surface area contributed by atoms with Crippen molar-refractivity contribution in [1.82, 2.24) is 15.4 Å². The number of nitrogens with one attached hydrogen (secondary N) is 1. The second-order valence-electron chi connectivity index (χ2n) is 3.39. The van der Waals surface area contributed by atoms with Crippen LogP contribution in [0.3, 0.4) is 0 Å². The van der Waals surface area contributed by atoms with Gasteiger partial charge in [0.25, 0.3) is 0 Å². The van der Waals surface area contributed by atoms with E-state index in [0.717, 1.165) is 5.52 Å². The van der Waals surface area contributed by atoms with E-state index in [0.29, 0.717) is 11.1 Å². The van der Waals surface area contributed by atoms with Gasteiger partial charge in [-0.1, -0.05) is 5.21 Å². The number of carbonyl (C=O) groups excluding carboxylic acids is 1. The summed E-state index contributed by atoms with van der Waals surface area (Å²) in [7, 11) is 0. The highest BCUT2D eigenvalue weighted by Gasteiger charge is 2.11. The maximum Gasteiger partial charge on any atom is 0.338 e. The lowest BCUT2D eigenvalue weighted by molar-refractivity contribution is 0.0509. The van der Waals surface area contributed by atoms with Gasteiger partial charge in [-0.15, -0.1) is 28.3 Å². The zero-order valence-electron chi connectivity index (χ0n) is 8.69. The molecule has 0 bridgehead atoms. The number of carbonyl (C=O) groups is 1. The molecule has 0 aliphatic rings. The molecule has 0 amide bonds. The molecule has 1 N–H and O–H groups in total. The Morgan fingerprint density at radius 1 is 1.53 bits per heavy atom. The average Bonchev–Trinajstić information content (AvgIpc) is 2.82. The predicted octanol–water partition coefficient (Wildman–Crippen LogP) is 1.96. The maximum absolute atomic E-state index is 11.6. The Morgan fingerprint density at radius 2 is 2.35 bits per heavy atom. The van der Waals surface area contributed by atoms with Crippen LogP contribution in [0.2, 0.25) is 0 Å². The fraction of sp³-hybridized carbons (Fsp3) is 0.300. The number of hydrogen-bond acceptors (Lipinski definition) is 4. The Balaban J connectivity index is 2.08. The molecule has 1 heterocycles. The van der Waals surface area contributed by atoms with Gasteiger partial charge >= 0.3 is 5.97 Å². The van der Waals surface area contributed by atoms with Crippen LogP contribution in [-0.2, 0) is 4.74 Å². The van der Waals surface area contributed by atoms with Gasteiger partial charge in [0.05, 0.1) is 16.5 Å². The number of halogens is 2. The van der Waals surface area contributed by atoms with Gasteiger partial charge in [-0.2, -0.15) is 0 Å². The molecule has 0 aliphatic carbocycles. The quantitative estimate of drug-likeness (QED) is 0.683. The van der Waals surface area contributed by atoms with Gasteiger partial charge in [0.15, 0.2) is 0 Å². The number of benzene rings is 1. The highest BCUT2D eigenvalue weighted by Crippen LogP contribution is 2.12. The largest absolute Gasteiger partial charge is 0.460 e. The molecular formula is C10H9Cl2N3O2. The normalized spacial score (nSPS) is 12.6. The lowest BCUT2D eigenvalue weighted by Crippen LogP contribution is -2.15. The molecule has 0 saturated heterocycles. The molecule has 1 aromatic heterocycles. The minimum atomic E-state index is -0.453. The van der Waals surface area contributed by atoms with Crippen LogP contribution in [0.1, 0.15) is 10.4 Å². The molecule has 90 valence electrons. The number of fused-ring (bicyclic) bond motifs is 1. The average molecular weight is 274 g/mol. The fourth-order valence-electron chi connectivity index (χ4n) is 1.26. The van der Waals surface area contributed by atoms with E-state index >= 15 is 0 Å². The number of ether oxygens (including phenoxy) is 1. The molecule has 0 radical (unpaired) electrons. The second kappa shape index (κ2) is 5.33. The number of aromatic amines is 1. The van der Waals surface area contributed by atoms with Crippen molar-refractivity contribution in [2.24, 2.45) is 0 Å². The Bertz CT molecular complexity index is 529. The summed E-state index contributed by atoms with van der Waals surface area (Å²) in [6.45, 7) is 0.0841. The van der Waals surface area contributed by atoms with Crippen molar-refractivity contribution in [3.63, 3.8) is 0 Å². The fourth-order valence-corrected chi connectivity index (χ4v) is 1.41. The number of aromatic nitrogens is 3. The Labute approximate surface area is 107 Å². The first-order valence-corrected chi connectivity index (χ1v) is 5.86. The van der Waals surface area contributed by atoms with Crippen LogP contribution in [0.5, 0.6) is 0 Å². The number of hydrogen-bond donors (Lipinski definition) is 1. The van der Waals surface area contributed by atoms with Crippen molar-refractivity contribution >= 4 is 40.2 Å². The first-order valence-electron chi connectivity index (χ1n) is 4.88. The summed E-state index contributed by atoms with van der Waals surface area (Å²) in [5.74, 6) is -0.220. The van der Waals surface area contributed by atoms with E-state index in [1.165, 1.54) is 0 Å². The number of nitrogens with zero attached hydrogens (tertiary/aromatic N) is 2. The first kappa shape index (κ1) is 12.1. The molecule has 0 fully saturated rings. The van der Waals surface area contributed by atoms with E-state index in [1.54, 1.807) is 18.2 Å². The standard InChI is InChI=1S/C10H9Cl2N3O2/c11-4-7(12)5-17-10(16)6-1-2-8-9(3-6)14-15-13-8/h1-3,7H,4-5H2,(H,13,14,15). The van der Waals surface area contributed by atoms with Crippen LogP contribution in [0.25, 0.3) is 11.0 Å². The van der Waals surface area contributed by atoms with E-state index in [2.05, 4.69) is 15.4 Å². The van der Waals surface area contributed by atoms with Gasteiger partial charge in [0.2, 0.25) is 0 Å². The van der Waals surface area contributed by atoms with Crippen molar-refractivity contribution in [3.05, 3.63) is 23.8 Å². The van der Waals surface area contributed by atoms with Crippen LogP contribution in [0, 0.1) is 0 Å². The molecule has 1 atom stereocenters. The number of H-pyrrole nitrogens is 1. The van der Waals surface area contributed by atoms with E-state index in [4.69, 9.17) is 27.9 Å². The molecular weight excluding hydrogens is 265 g/mol. The molecule has 0 aliphatic heterocycles. The van der Waals surface area contributed by atoms with Crippen LogP contribution >= 0.6 is 23.2 Å². The molecule has 2 aromatic rings. The summed E-state index contributed by atoms with van der Waals surface area (Å²) in [5.41, 5.74) is 1.78. The zero-order chi connectivity index (χ0) is 12.3. The van der Waals surface area contributed by atoms with E-state index in [1.807, 2.05) is 0 Å². The monoisotopic (exact) mass is 273 g/mol. The SMILES string of the molecule is O=C(OCC(Cl)CCl)c1ccc2[nH]nnc2c1. The number of rotatable bonds is 4. The molecule has 17 heavy (non-hydrogen) atoms. The molecule has 2 rings (SSSR count). The third-order valence-electron chi connectivity index (χ3n) is 2.12. The minimum Gasteiger partial charge on any atom is -0.460 e. The van der Waals surface area contributed by atoms with Crippen molar-refractivity contribution in [1.29, 1.82) is 0 Å². The van der Waals surface area contributed by atoms with Crippen molar-refractivity contribution in [2.75, 3.05) is 12.5 Å². The number of esters is 1. The zero-order valence-corrected chi connectivity index (χ0v) is 10.2. The molecule has 0 spiro atoms. The molecule has 0 saturated carbocycles. The number of alkyl halides is 2. The van der Waals surface area contributed by atoms with Crippen molar-refractivity contribution < 1.29 is 9.53 Å². The third-order valence-corrected chi connectivity index (χ3v) is 2.94. The minimum absolute atomic E-state index is 0.0841. The van der Waals surface area contributed by atoms with E-state index in [-0.39, 0.29) is 17.9 Å². The molecule has 1 unspecified atom stereocenters. The molecule has 1 aromatic carbocycles. The van der Waals surface area contributed by atoms with E-state index in [9.17, 15) is 4.79 Å². The lowest BCUT2D eigenvalue weighted by Gasteiger charge is -2.07. The van der Waals surface area contributed by atoms with Crippen LogP contribution in [0.4, 0.5) is 0 Å². The molecule has 7 heteroatoms. The molecule has 5 nitrogen and oxygen atoms in total. The van der Waals surface area contributed by atoms with Gasteiger partial charge in [-0.05, 0) is 18.2 Å². The van der Waals surface area contributed by atoms with Crippen LogP contribution in [0.15, 0.2) is 18.2 Å². The van der Waals surface area contributed by atoms with Gasteiger partial charge in [-0.25, -0.2) is 4.79 Å². The summed E-state index contributed by atoms with van der Waals surface area (Å²) < 4.78 is 4.99. The Kier molecular flexibility index (Phi) is 3.81. The maximum atomic E-state index is 11.6. The smallest absolute Gasteiger partial charge is 0.338 e. The summed E-state index contributed by atoms with van der Waals surface area (Å²) in [6, 6.07) is 4.95. The summed E-state index contributed by atoms with van der Waals surface area (Å²) in [4.78, 5) is 11.6. The van der Waals surface area contributed by atoms with E-state index < -0.39 is 5.97 Å². The topological polar surface area (TPSA) is 67.9 Å². The van der Waals surface area contributed by atoms with Crippen LogP contribution in [-0.4, -0.2) is 39.2 Å². The second-order valence-corrected chi connectivity index (χ2v) is 4.32. The summed E-state index contributed by atoms with van der Waals surface area (Å²) in [5, 5.41) is 9.75. The van der Waals surface area contributed by atoms with Gasteiger partial charge in [0.1, 0.15) is 12.1 Å². The van der Waals surface area contributed by atoms with Gasteiger partial charge in [-0.3, -0.25) is 5.10 Å². The van der Waals surface area contributed by atoms with Gasteiger partial charge in [0, 0.05) is 5.88 Å². The first-order chi connectivity index (χ1) is 8.20. The Hall–Kier alpha value is -1.33. The van der Waals surface area contributed by atoms with Crippen molar-refractivity contribution in [3.8, 4) is 0 Å². The highest BCUT2D eigenvalue weighted by atomic mass is 35.5. The van der Waals surface area contributed by atoms with Crippen LogP contribution < -0.4 is 0 Å². The third kappa shape index (κ3) is 2.87. The Morgan fingerprint density at radius 3 is 3.12 bits per heavy atom.